The number of piperazine rings is 1. The highest BCUT2D eigenvalue weighted by Gasteiger charge is 2.17. The van der Waals surface area contributed by atoms with Gasteiger partial charge >= 0.3 is 6.09 Å². The molecular formula is C20H28N6O2. The molecule has 0 spiro atoms. The van der Waals surface area contributed by atoms with Gasteiger partial charge in [0.2, 0.25) is 0 Å². The summed E-state index contributed by atoms with van der Waals surface area (Å²) in [6.07, 6.45) is -0.554. The molecule has 0 aliphatic carbocycles. The topological polar surface area (TPSA) is 82.6 Å². The first-order valence-corrected chi connectivity index (χ1v) is 9.43. The predicted molar refractivity (Wildman–Crippen MR) is 111 cm³/mol. The van der Waals surface area contributed by atoms with E-state index < -0.39 is 11.7 Å². The highest BCUT2D eigenvalue weighted by atomic mass is 16.6. The van der Waals surface area contributed by atoms with E-state index in [1.54, 1.807) is 32.9 Å². The zero-order valence-electron chi connectivity index (χ0n) is 16.9. The Labute approximate surface area is 165 Å². The molecule has 0 radical (unpaired) electrons. The zero-order valence-corrected chi connectivity index (χ0v) is 16.9. The summed E-state index contributed by atoms with van der Waals surface area (Å²) < 4.78 is 5.19. The molecular weight excluding hydrogens is 356 g/mol. The smallest absolute Gasteiger partial charge is 0.413 e. The highest BCUT2D eigenvalue weighted by molar-refractivity contribution is 5.83. The molecule has 8 heteroatoms. The first kappa shape index (κ1) is 19.9. The Kier molecular flexibility index (Phi) is 5.99. The maximum absolute atomic E-state index is 11.8. The van der Waals surface area contributed by atoms with Gasteiger partial charge in [-0.05, 0) is 64.2 Å². The van der Waals surface area contributed by atoms with Crippen LogP contribution in [0.4, 0.5) is 27.8 Å². The largest absolute Gasteiger partial charge is 0.444 e. The Morgan fingerprint density at radius 2 is 1.57 bits per heavy atom. The Morgan fingerprint density at radius 3 is 2.14 bits per heavy atom. The first-order valence-electron chi connectivity index (χ1n) is 9.43. The van der Waals surface area contributed by atoms with Crippen molar-refractivity contribution < 1.29 is 9.53 Å². The summed E-state index contributed by atoms with van der Waals surface area (Å²) in [6.45, 7) is 9.67. The third-order valence-electron chi connectivity index (χ3n) is 4.30. The number of nitrogens with zero attached hydrogens (tertiary/aromatic N) is 4. The van der Waals surface area contributed by atoms with Gasteiger partial charge < -0.3 is 19.9 Å². The van der Waals surface area contributed by atoms with E-state index in [2.05, 4.69) is 49.8 Å². The van der Waals surface area contributed by atoms with Gasteiger partial charge in [0.1, 0.15) is 5.60 Å². The number of carbonyl (C=O) groups excluding carboxylic acids is 1. The number of aromatic nitrogens is 2. The van der Waals surface area contributed by atoms with E-state index in [0.29, 0.717) is 11.6 Å². The third-order valence-corrected chi connectivity index (χ3v) is 4.30. The van der Waals surface area contributed by atoms with Gasteiger partial charge in [0.25, 0.3) is 0 Å². The van der Waals surface area contributed by atoms with E-state index in [9.17, 15) is 4.79 Å². The van der Waals surface area contributed by atoms with Crippen molar-refractivity contribution in [2.75, 3.05) is 48.8 Å². The minimum Gasteiger partial charge on any atom is -0.444 e. The van der Waals surface area contributed by atoms with E-state index in [1.807, 2.05) is 12.1 Å². The Morgan fingerprint density at radius 1 is 0.964 bits per heavy atom. The zero-order chi connectivity index (χ0) is 20.1. The SMILES string of the molecule is CN1CCN(c2ccc(Nc3ccc(NC(=O)OC(C)(C)C)nn3)cc2)CC1. The number of nitrogens with one attached hydrogen (secondary N) is 2. The van der Waals surface area contributed by atoms with E-state index in [1.165, 1.54) is 5.69 Å². The van der Waals surface area contributed by atoms with Crippen LogP contribution >= 0.6 is 0 Å². The molecule has 1 aliphatic rings. The number of likely N-dealkylation sites (N-methyl/N-ethyl adjacent to an activating group) is 1. The Bertz CT molecular complexity index is 778. The number of anilines is 4. The monoisotopic (exact) mass is 384 g/mol. The first-order chi connectivity index (χ1) is 13.3. The lowest BCUT2D eigenvalue weighted by atomic mass is 10.2. The standard InChI is InChI=1S/C20H28N6O2/c1-20(2,3)28-19(27)22-18-10-9-17(23-24-18)21-15-5-7-16(8-6-15)26-13-11-25(4)12-14-26/h5-10H,11-14H2,1-4H3,(H,21,23)(H,22,24,27). The number of hydrogen-bond donors (Lipinski definition) is 2. The summed E-state index contributed by atoms with van der Waals surface area (Å²) in [7, 11) is 2.15. The van der Waals surface area contributed by atoms with Gasteiger partial charge in [-0.15, -0.1) is 10.2 Å². The van der Waals surface area contributed by atoms with Crippen molar-refractivity contribution in [3.63, 3.8) is 0 Å². The molecule has 1 aromatic heterocycles. The summed E-state index contributed by atoms with van der Waals surface area (Å²) in [5.41, 5.74) is 1.59. The summed E-state index contributed by atoms with van der Waals surface area (Å²) >= 11 is 0. The number of amides is 1. The molecule has 1 aliphatic heterocycles. The van der Waals surface area contributed by atoms with Crippen LogP contribution in [-0.2, 0) is 4.74 Å². The van der Waals surface area contributed by atoms with Crippen molar-refractivity contribution in [3.05, 3.63) is 36.4 Å². The van der Waals surface area contributed by atoms with Crippen molar-refractivity contribution in [3.8, 4) is 0 Å². The lowest BCUT2D eigenvalue weighted by Crippen LogP contribution is -2.44. The molecule has 2 N–H and O–H groups in total. The highest BCUT2D eigenvalue weighted by Crippen LogP contribution is 2.21. The van der Waals surface area contributed by atoms with Crippen LogP contribution in [0.15, 0.2) is 36.4 Å². The van der Waals surface area contributed by atoms with Crippen molar-refractivity contribution in [1.82, 2.24) is 15.1 Å². The second-order valence-corrected chi connectivity index (χ2v) is 7.89. The van der Waals surface area contributed by atoms with Crippen molar-refractivity contribution >= 4 is 29.1 Å². The second kappa shape index (κ2) is 8.43. The molecule has 3 rings (SSSR count). The molecule has 150 valence electrons. The molecule has 2 aromatic rings. The van der Waals surface area contributed by atoms with Gasteiger partial charge in [-0.1, -0.05) is 0 Å². The molecule has 1 saturated heterocycles. The molecule has 28 heavy (non-hydrogen) atoms. The second-order valence-electron chi connectivity index (χ2n) is 7.89. The molecule has 1 aromatic carbocycles. The fourth-order valence-corrected chi connectivity index (χ4v) is 2.84. The van der Waals surface area contributed by atoms with E-state index in [4.69, 9.17) is 4.74 Å². The lowest BCUT2D eigenvalue weighted by molar-refractivity contribution is 0.0635. The van der Waals surface area contributed by atoms with Crippen LogP contribution in [-0.4, -0.2) is 60.0 Å². The molecule has 0 saturated carbocycles. The predicted octanol–water partition coefficient (Wildman–Crippen LogP) is 3.32. The molecule has 0 bridgehead atoms. The number of benzene rings is 1. The van der Waals surface area contributed by atoms with Crippen molar-refractivity contribution in [1.29, 1.82) is 0 Å². The minimum atomic E-state index is -0.560. The molecule has 8 nitrogen and oxygen atoms in total. The molecule has 1 fully saturated rings. The van der Waals surface area contributed by atoms with Crippen LogP contribution in [0.2, 0.25) is 0 Å². The normalized spacial score (nSPS) is 15.2. The number of hydrogen-bond acceptors (Lipinski definition) is 7. The quantitative estimate of drug-likeness (QED) is 0.837. The van der Waals surface area contributed by atoms with E-state index >= 15 is 0 Å². The van der Waals surface area contributed by atoms with Gasteiger partial charge in [-0.2, -0.15) is 0 Å². The third kappa shape index (κ3) is 5.82. The molecule has 2 heterocycles. The van der Waals surface area contributed by atoms with Crippen LogP contribution in [0.25, 0.3) is 0 Å². The summed E-state index contributed by atoms with van der Waals surface area (Å²) in [5, 5.41) is 13.9. The van der Waals surface area contributed by atoms with Crippen LogP contribution in [0.5, 0.6) is 0 Å². The van der Waals surface area contributed by atoms with Crippen molar-refractivity contribution in [2.45, 2.75) is 26.4 Å². The fraction of sp³-hybridized carbons (Fsp3) is 0.450. The van der Waals surface area contributed by atoms with E-state index in [-0.39, 0.29) is 0 Å². The molecule has 1 amide bonds. The summed E-state index contributed by atoms with van der Waals surface area (Å²) in [5.74, 6) is 0.937. The van der Waals surface area contributed by atoms with Crippen LogP contribution in [0.3, 0.4) is 0 Å². The molecule has 0 unspecified atom stereocenters. The van der Waals surface area contributed by atoms with Crippen LogP contribution in [0.1, 0.15) is 20.8 Å². The summed E-state index contributed by atoms with van der Waals surface area (Å²) in [6, 6.07) is 11.7. The number of carbonyl (C=O) groups is 1. The van der Waals surface area contributed by atoms with Gasteiger partial charge in [0, 0.05) is 37.6 Å². The average molecular weight is 384 g/mol. The lowest BCUT2D eigenvalue weighted by Gasteiger charge is -2.34. The number of rotatable bonds is 4. The Balaban J connectivity index is 1.54. The van der Waals surface area contributed by atoms with Crippen LogP contribution < -0.4 is 15.5 Å². The van der Waals surface area contributed by atoms with Gasteiger partial charge in [0.05, 0.1) is 0 Å². The van der Waals surface area contributed by atoms with Crippen molar-refractivity contribution in [2.24, 2.45) is 0 Å². The Hall–Kier alpha value is -2.87. The summed E-state index contributed by atoms with van der Waals surface area (Å²) in [4.78, 5) is 16.5. The number of ether oxygens (including phenoxy) is 1. The fourth-order valence-electron chi connectivity index (χ4n) is 2.84. The average Bonchev–Trinajstić information content (AvgIpc) is 2.63. The van der Waals surface area contributed by atoms with Gasteiger partial charge in [-0.25, -0.2) is 4.79 Å². The van der Waals surface area contributed by atoms with Crippen LogP contribution in [0, 0.1) is 0 Å². The van der Waals surface area contributed by atoms with Gasteiger partial charge in [0.15, 0.2) is 11.6 Å². The van der Waals surface area contributed by atoms with Gasteiger partial charge in [-0.3, -0.25) is 5.32 Å². The van der Waals surface area contributed by atoms with E-state index in [0.717, 1.165) is 31.9 Å². The molecule has 0 atom stereocenters. The maximum Gasteiger partial charge on any atom is 0.413 e. The minimum absolute atomic E-state index is 0.338. The maximum atomic E-state index is 11.8.